The first-order valence-electron chi connectivity index (χ1n) is 6.40. The van der Waals surface area contributed by atoms with Crippen LogP contribution in [0.15, 0.2) is 35.6 Å². The molecule has 0 unspecified atom stereocenters. The van der Waals surface area contributed by atoms with Crippen LogP contribution in [0, 0.1) is 11.6 Å². The van der Waals surface area contributed by atoms with Gasteiger partial charge in [-0.3, -0.25) is 4.79 Å². The number of nitrogens with one attached hydrogen (secondary N) is 2. The molecular formula is C14H9ClF2N4OS. The van der Waals surface area contributed by atoms with E-state index >= 15 is 0 Å². The minimum absolute atomic E-state index is 0.0482. The summed E-state index contributed by atoms with van der Waals surface area (Å²) in [7, 11) is 0. The first kappa shape index (κ1) is 15.7. The third-order valence-electron chi connectivity index (χ3n) is 2.83. The van der Waals surface area contributed by atoms with Crippen molar-refractivity contribution in [2.24, 2.45) is 0 Å². The predicted octanol–water partition coefficient (Wildman–Crippen LogP) is 3.62. The van der Waals surface area contributed by atoms with E-state index in [4.69, 9.17) is 11.6 Å². The molecule has 1 aromatic carbocycles. The standard InChI is InChI=1S/C14H9ClF2N4OS/c15-7-3-11-13(18-5-7)21-14(20-11)23-6-12(22)19-8-1-2-9(16)10(17)4-8/h1-5H,6H2,(H,19,22)(H,18,20,21). The van der Waals surface area contributed by atoms with E-state index < -0.39 is 11.6 Å². The van der Waals surface area contributed by atoms with Crippen LogP contribution < -0.4 is 5.32 Å². The number of aromatic nitrogens is 3. The van der Waals surface area contributed by atoms with Crippen molar-refractivity contribution in [2.45, 2.75) is 5.16 Å². The highest BCUT2D eigenvalue weighted by atomic mass is 35.5. The summed E-state index contributed by atoms with van der Waals surface area (Å²) in [6, 6.07) is 4.84. The minimum atomic E-state index is -1.02. The van der Waals surface area contributed by atoms with Crippen LogP contribution in [0.1, 0.15) is 0 Å². The van der Waals surface area contributed by atoms with Crippen LogP contribution in [0.25, 0.3) is 11.2 Å². The van der Waals surface area contributed by atoms with Crippen LogP contribution in [-0.2, 0) is 4.79 Å². The van der Waals surface area contributed by atoms with Crippen molar-refractivity contribution in [2.75, 3.05) is 11.1 Å². The van der Waals surface area contributed by atoms with Crippen molar-refractivity contribution in [3.63, 3.8) is 0 Å². The van der Waals surface area contributed by atoms with E-state index in [0.29, 0.717) is 21.3 Å². The number of rotatable bonds is 4. The summed E-state index contributed by atoms with van der Waals surface area (Å²) >= 11 is 6.99. The number of thioether (sulfide) groups is 1. The van der Waals surface area contributed by atoms with Gasteiger partial charge >= 0.3 is 0 Å². The maximum atomic E-state index is 13.1. The lowest BCUT2D eigenvalue weighted by atomic mass is 10.3. The molecule has 23 heavy (non-hydrogen) atoms. The Morgan fingerprint density at radius 2 is 2.13 bits per heavy atom. The zero-order valence-corrected chi connectivity index (χ0v) is 13.0. The van der Waals surface area contributed by atoms with Gasteiger partial charge in [-0.25, -0.2) is 18.7 Å². The van der Waals surface area contributed by atoms with Gasteiger partial charge < -0.3 is 10.3 Å². The van der Waals surface area contributed by atoms with Gasteiger partial charge in [0, 0.05) is 18.0 Å². The van der Waals surface area contributed by atoms with Gasteiger partial charge in [0.05, 0.1) is 16.3 Å². The van der Waals surface area contributed by atoms with Gasteiger partial charge in [0.2, 0.25) is 5.91 Å². The number of carbonyl (C=O) groups excluding carboxylic acids is 1. The maximum Gasteiger partial charge on any atom is 0.234 e. The van der Waals surface area contributed by atoms with E-state index in [1.54, 1.807) is 6.07 Å². The molecule has 9 heteroatoms. The molecule has 0 aliphatic rings. The third-order valence-corrected chi connectivity index (χ3v) is 3.91. The summed E-state index contributed by atoms with van der Waals surface area (Å²) in [5, 5.41) is 3.47. The lowest BCUT2D eigenvalue weighted by molar-refractivity contribution is -0.113. The van der Waals surface area contributed by atoms with Crippen molar-refractivity contribution in [3.05, 3.63) is 47.1 Å². The van der Waals surface area contributed by atoms with Gasteiger partial charge in [-0.1, -0.05) is 23.4 Å². The van der Waals surface area contributed by atoms with E-state index in [0.717, 1.165) is 23.9 Å². The number of halogens is 3. The van der Waals surface area contributed by atoms with Gasteiger partial charge in [0.15, 0.2) is 22.4 Å². The summed E-state index contributed by atoms with van der Waals surface area (Å²) < 4.78 is 25.9. The summed E-state index contributed by atoms with van der Waals surface area (Å²) in [4.78, 5) is 23.1. The van der Waals surface area contributed by atoms with E-state index in [9.17, 15) is 13.6 Å². The molecule has 0 atom stereocenters. The van der Waals surface area contributed by atoms with E-state index in [2.05, 4.69) is 20.3 Å². The number of benzene rings is 1. The minimum Gasteiger partial charge on any atom is -0.331 e. The second-order valence-corrected chi connectivity index (χ2v) is 5.93. The molecule has 0 saturated carbocycles. The van der Waals surface area contributed by atoms with Crippen molar-refractivity contribution < 1.29 is 13.6 Å². The molecule has 5 nitrogen and oxygen atoms in total. The van der Waals surface area contributed by atoms with Crippen LogP contribution in [0.3, 0.4) is 0 Å². The van der Waals surface area contributed by atoms with Crippen molar-refractivity contribution in [1.82, 2.24) is 15.0 Å². The molecule has 118 valence electrons. The van der Waals surface area contributed by atoms with Crippen molar-refractivity contribution in [1.29, 1.82) is 0 Å². The lowest BCUT2D eigenvalue weighted by Gasteiger charge is -2.04. The van der Waals surface area contributed by atoms with Gasteiger partial charge in [-0.2, -0.15) is 0 Å². The smallest absolute Gasteiger partial charge is 0.234 e. The fourth-order valence-corrected chi connectivity index (χ4v) is 2.66. The van der Waals surface area contributed by atoms with Gasteiger partial charge in [-0.05, 0) is 18.2 Å². The van der Waals surface area contributed by atoms with Gasteiger partial charge in [0.1, 0.15) is 0 Å². The number of hydrogen-bond acceptors (Lipinski definition) is 4. The highest BCUT2D eigenvalue weighted by Gasteiger charge is 2.10. The van der Waals surface area contributed by atoms with Crippen LogP contribution >= 0.6 is 23.4 Å². The predicted molar refractivity (Wildman–Crippen MR) is 84.6 cm³/mol. The molecule has 2 aromatic heterocycles. The monoisotopic (exact) mass is 354 g/mol. The quantitative estimate of drug-likeness (QED) is 0.702. The normalized spacial score (nSPS) is 10.9. The van der Waals surface area contributed by atoms with Crippen LogP contribution in [-0.4, -0.2) is 26.6 Å². The van der Waals surface area contributed by atoms with Crippen LogP contribution in [0.2, 0.25) is 5.02 Å². The number of aromatic amines is 1. The van der Waals surface area contributed by atoms with Crippen LogP contribution in [0.5, 0.6) is 0 Å². The Morgan fingerprint density at radius 1 is 1.30 bits per heavy atom. The summed E-state index contributed by atoms with van der Waals surface area (Å²) in [6.07, 6.45) is 1.48. The van der Waals surface area contributed by atoms with Crippen molar-refractivity contribution in [3.8, 4) is 0 Å². The van der Waals surface area contributed by atoms with Gasteiger partial charge in [-0.15, -0.1) is 0 Å². The topological polar surface area (TPSA) is 70.7 Å². The number of amides is 1. The van der Waals surface area contributed by atoms with Crippen LogP contribution in [0.4, 0.5) is 14.5 Å². The van der Waals surface area contributed by atoms with E-state index in [1.807, 2.05) is 0 Å². The first-order valence-corrected chi connectivity index (χ1v) is 7.76. The first-order chi connectivity index (χ1) is 11.0. The Bertz CT molecular complexity index is 886. The molecule has 2 N–H and O–H groups in total. The fraction of sp³-hybridized carbons (Fsp3) is 0.0714. The zero-order valence-electron chi connectivity index (χ0n) is 11.4. The number of hydrogen-bond donors (Lipinski definition) is 2. The number of fused-ring (bicyclic) bond motifs is 1. The molecule has 1 amide bonds. The van der Waals surface area contributed by atoms with E-state index in [1.165, 1.54) is 12.3 Å². The molecular weight excluding hydrogens is 346 g/mol. The Balaban J connectivity index is 1.62. The summed E-state index contributed by atoms with van der Waals surface area (Å²) in [5.74, 6) is -2.30. The molecule has 2 heterocycles. The number of anilines is 1. The average molecular weight is 355 g/mol. The Kier molecular flexibility index (Phi) is 4.44. The SMILES string of the molecule is O=C(CSc1nc2ncc(Cl)cc2[nH]1)Nc1ccc(F)c(F)c1. The average Bonchev–Trinajstić information content (AvgIpc) is 2.91. The second kappa shape index (κ2) is 6.51. The number of pyridine rings is 1. The number of H-pyrrole nitrogens is 1. The third kappa shape index (κ3) is 3.77. The summed E-state index contributed by atoms with van der Waals surface area (Å²) in [6.45, 7) is 0. The molecule has 3 rings (SSSR count). The highest BCUT2D eigenvalue weighted by molar-refractivity contribution is 7.99. The zero-order chi connectivity index (χ0) is 16.4. The van der Waals surface area contributed by atoms with E-state index in [-0.39, 0.29) is 17.3 Å². The molecule has 0 fully saturated rings. The molecule has 0 bridgehead atoms. The fourth-order valence-electron chi connectivity index (χ4n) is 1.83. The largest absolute Gasteiger partial charge is 0.331 e. The molecule has 0 aliphatic carbocycles. The molecule has 0 saturated heterocycles. The number of imidazole rings is 1. The highest BCUT2D eigenvalue weighted by Crippen LogP contribution is 2.21. The number of nitrogens with zero attached hydrogens (tertiary/aromatic N) is 2. The molecule has 0 spiro atoms. The second-order valence-electron chi connectivity index (χ2n) is 4.53. The Hall–Kier alpha value is -2.19. The molecule has 3 aromatic rings. The lowest BCUT2D eigenvalue weighted by Crippen LogP contribution is -2.14. The van der Waals surface area contributed by atoms with Gasteiger partial charge in [0.25, 0.3) is 0 Å². The molecule has 0 aliphatic heterocycles. The summed E-state index contributed by atoms with van der Waals surface area (Å²) in [5.41, 5.74) is 1.35. The van der Waals surface area contributed by atoms with Crippen molar-refractivity contribution >= 4 is 46.1 Å². The number of carbonyl (C=O) groups is 1. The Labute approximate surface area is 138 Å². The Morgan fingerprint density at radius 3 is 2.91 bits per heavy atom. The maximum absolute atomic E-state index is 13.1. The molecule has 0 radical (unpaired) electrons.